The summed E-state index contributed by atoms with van der Waals surface area (Å²) in [6.07, 6.45) is 1.49. The van der Waals surface area contributed by atoms with Gasteiger partial charge in [0.25, 0.3) is 0 Å². The zero-order valence-corrected chi connectivity index (χ0v) is 12.1. The number of thiazole rings is 1. The molecule has 5 heteroatoms. The summed E-state index contributed by atoms with van der Waals surface area (Å²) in [4.78, 5) is 4.62. The van der Waals surface area contributed by atoms with Crippen LogP contribution in [0.1, 0.15) is 17.8 Å². The molecule has 0 saturated carbocycles. The first-order valence-electron chi connectivity index (χ1n) is 6.22. The second-order valence-corrected chi connectivity index (χ2v) is 5.54. The Morgan fingerprint density at radius 3 is 2.53 bits per heavy atom. The largest absolute Gasteiger partial charge is 0.383 e. The van der Waals surface area contributed by atoms with E-state index in [1.807, 2.05) is 35.7 Å². The molecule has 2 aromatic rings. The monoisotopic (exact) mass is 296 g/mol. The van der Waals surface area contributed by atoms with Gasteiger partial charge in [0.1, 0.15) is 10.6 Å². The maximum atomic E-state index is 10.6. The van der Waals surface area contributed by atoms with Crippen LogP contribution in [0.15, 0.2) is 35.7 Å². The van der Waals surface area contributed by atoms with Crippen molar-refractivity contribution < 1.29 is 5.11 Å². The van der Waals surface area contributed by atoms with Gasteiger partial charge in [-0.15, -0.1) is 23.7 Å². The van der Waals surface area contributed by atoms with Crippen LogP contribution in [0.3, 0.4) is 0 Å². The SMILES string of the molecule is Cl.OC1(c2nc(-c3ccccc3)cs2)CCNCC1. The van der Waals surface area contributed by atoms with E-state index in [0.29, 0.717) is 0 Å². The number of halogens is 1. The second-order valence-electron chi connectivity index (χ2n) is 4.69. The quantitative estimate of drug-likeness (QED) is 0.896. The number of nitrogens with one attached hydrogen (secondary N) is 1. The highest BCUT2D eigenvalue weighted by Gasteiger charge is 2.34. The zero-order chi connectivity index (χ0) is 12.4. The van der Waals surface area contributed by atoms with E-state index >= 15 is 0 Å². The van der Waals surface area contributed by atoms with Gasteiger partial charge < -0.3 is 10.4 Å². The van der Waals surface area contributed by atoms with Crippen molar-refractivity contribution in [3.05, 3.63) is 40.7 Å². The number of rotatable bonds is 2. The number of hydrogen-bond donors (Lipinski definition) is 2. The molecule has 1 fully saturated rings. The molecule has 0 unspecified atom stereocenters. The molecule has 0 amide bonds. The smallest absolute Gasteiger partial charge is 0.125 e. The molecule has 0 aliphatic carbocycles. The topological polar surface area (TPSA) is 45.2 Å². The normalized spacial score (nSPS) is 17.7. The van der Waals surface area contributed by atoms with Crippen molar-refractivity contribution in [3.8, 4) is 11.3 Å². The molecule has 1 aliphatic rings. The molecule has 0 spiro atoms. The molecule has 19 heavy (non-hydrogen) atoms. The maximum Gasteiger partial charge on any atom is 0.125 e. The number of piperidine rings is 1. The van der Waals surface area contributed by atoms with Gasteiger partial charge in [-0.1, -0.05) is 30.3 Å². The van der Waals surface area contributed by atoms with Crippen molar-refractivity contribution in [2.24, 2.45) is 0 Å². The third-order valence-corrected chi connectivity index (χ3v) is 4.44. The van der Waals surface area contributed by atoms with E-state index in [-0.39, 0.29) is 12.4 Å². The van der Waals surface area contributed by atoms with Gasteiger partial charge in [-0.2, -0.15) is 0 Å². The van der Waals surface area contributed by atoms with Crippen molar-refractivity contribution in [1.82, 2.24) is 10.3 Å². The molecule has 1 saturated heterocycles. The molecular formula is C14H17ClN2OS. The number of nitrogens with zero attached hydrogens (tertiary/aromatic N) is 1. The van der Waals surface area contributed by atoms with Gasteiger partial charge in [-0.3, -0.25) is 0 Å². The lowest BCUT2D eigenvalue weighted by molar-refractivity contribution is 0.00582. The molecule has 0 bridgehead atoms. The first-order valence-corrected chi connectivity index (χ1v) is 7.10. The van der Waals surface area contributed by atoms with Crippen LogP contribution in [-0.4, -0.2) is 23.2 Å². The molecule has 0 atom stereocenters. The van der Waals surface area contributed by atoms with E-state index in [2.05, 4.69) is 10.3 Å². The van der Waals surface area contributed by atoms with Gasteiger partial charge in [0.15, 0.2) is 0 Å². The summed E-state index contributed by atoms with van der Waals surface area (Å²) < 4.78 is 0. The van der Waals surface area contributed by atoms with E-state index in [4.69, 9.17) is 0 Å². The second kappa shape index (κ2) is 6.01. The third-order valence-electron chi connectivity index (χ3n) is 3.40. The fourth-order valence-electron chi connectivity index (χ4n) is 2.28. The number of benzene rings is 1. The molecule has 2 N–H and O–H groups in total. The molecule has 102 valence electrons. The van der Waals surface area contributed by atoms with Crippen molar-refractivity contribution in [1.29, 1.82) is 0 Å². The third kappa shape index (κ3) is 2.98. The highest BCUT2D eigenvalue weighted by Crippen LogP contribution is 2.34. The van der Waals surface area contributed by atoms with Gasteiger partial charge >= 0.3 is 0 Å². The number of hydrogen-bond acceptors (Lipinski definition) is 4. The lowest BCUT2D eigenvalue weighted by atomic mass is 9.93. The zero-order valence-electron chi connectivity index (χ0n) is 10.5. The summed E-state index contributed by atoms with van der Waals surface area (Å²) in [5, 5.41) is 16.8. The molecule has 3 nitrogen and oxygen atoms in total. The summed E-state index contributed by atoms with van der Waals surface area (Å²) in [6.45, 7) is 1.72. The van der Waals surface area contributed by atoms with Crippen molar-refractivity contribution >= 4 is 23.7 Å². The van der Waals surface area contributed by atoms with Crippen molar-refractivity contribution in [2.75, 3.05) is 13.1 Å². The van der Waals surface area contributed by atoms with Gasteiger partial charge in [0, 0.05) is 10.9 Å². The summed E-state index contributed by atoms with van der Waals surface area (Å²) >= 11 is 1.56. The van der Waals surface area contributed by atoms with Crippen LogP contribution in [-0.2, 0) is 5.60 Å². The molecule has 1 aromatic heterocycles. The predicted molar refractivity (Wildman–Crippen MR) is 80.8 cm³/mol. The lowest BCUT2D eigenvalue weighted by Crippen LogP contribution is -2.39. The number of aliphatic hydroxyl groups is 1. The van der Waals surface area contributed by atoms with Crippen LogP contribution in [0.2, 0.25) is 0 Å². The summed E-state index contributed by atoms with van der Waals surface area (Å²) in [5.74, 6) is 0. The van der Waals surface area contributed by atoms with E-state index in [1.54, 1.807) is 11.3 Å². The predicted octanol–water partition coefficient (Wildman–Crippen LogP) is 2.80. The summed E-state index contributed by atoms with van der Waals surface area (Å²) in [7, 11) is 0. The Labute approximate surface area is 123 Å². The molecule has 1 aromatic carbocycles. The Morgan fingerprint density at radius 2 is 1.84 bits per heavy atom. The Kier molecular flexibility index (Phi) is 4.58. The highest BCUT2D eigenvalue weighted by molar-refractivity contribution is 7.10. The van der Waals surface area contributed by atoms with Gasteiger partial charge in [0.2, 0.25) is 0 Å². The van der Waals surface area contributed by atoms with Crippen LogP contribution < -0.4 is 5.32 Å². The molecule has 0 radical (unpaired) electrons. The fraction of sp³-hybridized carbons (Fsp3) is 0.357. The highest BCUT2D eigenvalue weighted by atomic mass is 35.5. The molecule has 2 heterocycles. The van der Waals surface area contributed by atoms with E-state index in [9.17, 15) is 5.11 Å². The minimum absolute atomic E-state index is 0. The fourth-order valence-corrected chi connectivity index (χ4v) is 3.27. The summed E-state index contributed by atoms with van der Waals surface area (Å²) in [6, 6.07) is 10.1. The van der Waals surface area contributed by atoms with Gasteiger partial charge in [0.05, 0.1) is 5.69 Å². The Balaban J connectivity index is 0.00000133. The minimum atomic E-state index is -0.733. The van der Waals surface area contributed by atoms with Gasteiger partial charge in [-0.05, 0) is 25.9 Å². The van der Waals surface area contributed by atoms with E-state index in [0.717, 1.165) is 42.2 Å². The number of aromatic nitrogens is 1. The Hall–Kier alpha value is -0.940. The van der Waals surface area contributed by atoms with Crippen LogP contribution in [0.25, 0.3) is 11.3 Å². The Morgan fingerprint density at radius 1 is 1.16 bits per heavy atom. The van der Waals surface area contributed by atoms with Crippen LogP contribution in [0.5, 0.6) is 0 Å². The Bertz CT molecular complexity index is 523. The van der Waals surface area contributed by atoms with Crippen LogP contribution >= 0.6 is 23.7 Å². The minimum Gasteiger partial charge on any atom is -0.383 e. The van der Waals surface area contributed by atoms with E-state index in [1.165, 1.54) is 0 Å². The van der Waals surface area contributed by atoms with Crippen molar-refractivity contribution in [2.45, 2.75) is 18.4 Å². The summed E-state index contributed by atoms with van der Waals surface area (Å²) in [5.41, 5.74) is 1.34. The van der Waals surface area contributed by atoms with Crippen molar-refractivity contribution in [3.63, 3.8) is 0 Å². The standard InChI is InChI=1S/C14H16N2OS.ClH/c17-14(6-8-15-9-7-14)13-16-12(10-18-13)11-4-2-1-3-5-11;/h1-5,10,15,17H,6-9H2;1H. The maximum absolute atomic E-state index is 10.6. The average molecular weight is 297 g/mol. The van der Waals surface area contributed by atoms with Gasteiger partial charge in [-0.25, -0.2) is 4.98 Å². The van der Waals surface area contributed by atoms with Crippen LogP contribution in [0.4, 0.5) is 0 Å². The molecule has 1 aliphatic heterocycles. The first-order chi connectivity index (χ1) is 8.78. The molecular weight excluding hydrogens is 280 g/mol. The molecule has 3 rings (SSSR count). The van der Waals surface area contributed by atoms with E-state index < -0.39 is 5.60 Å². The average Bonchev–Trinajstić information content (AvgIpc) is 2.91. The lowest BCUT2D eigenvalue weighted by Gasteiger charge is -2.30. The first kappa shape index (κ1) is 14.5. The van der Waals surface area contributed by atoms with Crippen LogP contribution in [0, 0.1) is 0 Å².